The van der Waals surface area contributed by atoms with Crippen molar-refractivity contribution in [2.45, 2.75) is 78.3 Å². The lowest BCUT2D eigenvalue weighted by Gasteiger charge is -2.10. The fourth-order valence-corrected chi connectivity index (χ4v) is 2.65. The van der Waals surface area contributed by atoms with Crippen LogP contribution in [0, 0.1) is 0 Å². The number of hydrogen-bond donors (Lipinski definition) is 2. The van der Waals surface area contributed by atoms with E-state index in [1.54, 1.807) is 6.20 Å². The van der Waals surface area contributed by atoms with Crippen molar-refractivity contribution in [2.75, 3.05) is 20.2 Å². The van der Waals surface area contributed by atoms with Crippen molar-refractivity contribution < 1.29 is 9.53 Å². The minimum Gasteiger partial charge on any atom is -0.468 e. The van der Waals surface area contributed by atoms with Gasteiger partial charge in [0.25, 0.3) is 0 Å². The molecule has 1 aromatic rings. The number of nitrogens with zero attached hydrogens (tertiary/aromatic N) is 4. The zero-order chi connectivity index (χ0) is 19.7. The Kier molecular flexibility index (Phi) is 16.8. The predicted molar refractivity (Wildman–Crippen MR) is 123 cm³/mol. The summed E-state index contributed by atoms with van der Waals surface area (Å²) < 4.78 is 6.07. The van der Waals surface area contributed by atoms with Crippen LogP contribution in [0.25, 0.3) is 0 Å². The topological polar surface area (TPSA) is 93.4 Å². The molecule has 0 saturated carbocycles. The van der Waals surface area contributed by atoms with E-state index in [0.29, 0.717) is 12.2 Å². The Bertz CT molecular complexity index is 550. The summed E-state index contributed by atoms with van der Waals surface area (Å²) in [5.41, 5.74) is 0.711. The number of hydrogen-bond acceptors (Lipinski definition) is 5. The molecule has 9 heteroatoms. The SMILES string of the molecule is CCCCCCCCCCNC(=NCc1cn(CC(=O)OC)nn1)NCC.I. The molecule has 0 bridgehead atoms. The first-order chi connectivity index (χ1) is 13.2. The standard InChI is InChI=1S/C19H36N6O2.HI/c1-4-6-7-8-9-10-11-12-13-21-19(20-5-2)22-14-17-15-25(24-23-17)16-18(26)27-3;/h15H,4-14,16H2,1-3H3,(H2,20,21,22);1H. The monoisotopic (exact) mass is 508 g/mol. The van der Waals surface area contributed by atoms with Gasteiger partial charge in [0.1, 0.15) is 12.2 Å². The third-order valence-electron chi connectivity index (χ3n) is 4.17. The number of aliphatic imine (C=N–C) groups is 1. The van der Waals surface area contributed by atoms with Crippen LogP contribution in [0.1, 0.15) is 70.9 Å². The first-order valence-electron chi connectivity index (χ1n) is 10.2. The van der Waals surface area contributed by atoms with Crippen molar-refractivity contribution in [3.8, 4) is 0 Å². The van der Waals surface area contributed by atoms with Crippen molar-refractivity contribution in [1.29, 1.82) is 0 Å². The minimum absolute atomic E-state index is 0. The minimum atomic E-state index is -0.352. The fraction of sp³-hybridized carbons (Fsp3) is 0.789. The van der Waals surface area contributed by atoms with Crippen LogP contribution in [-0.2, 0) is 22.6 Å². The summed E-state index contributed by atoms with van der Waals surface area (Å²) in [5, 5.41) is 14.5. The van der Waals surface area contributed by atoms with Crippen LogP contribution in [0.5, 0.6) is 0 Å². The molecule has 0 aromatic carbocycles. The van der Waals surface area contributed by atoms with Crippen molar-refractivity contribution >= 4 is 35.9 Å². The van der Waals surface area contributed by atoms with Crippen molar-refractivity contribution in [1.82, 2.24) is 25.6 Å². The molecule has 0 fully saturated rings. The van der Waals surface area contributed by atoms with Crippen molar-refractivity contribution in [3.63, 3.8) is 0 Å². The van der Waals surface area contributed by atoms with Crippen LogP contribution >= 0.6 is 24.0 Å². The van der Waals surface area contributed by atoms with Gasteiger partial charge in [0.2, 0.25) is 0 Å². The van der Waals surface area contributed by atoms with Crippen molar-refractivity contribution in [2.24, 2.45) is 4.99 Å². The Hall–Kier alpha value is -1.39. The highest BCUT2D eigenvalue weighted by Crippen LogP contribution is 2.07. The molecule has 2 N–H and O–H groups in total. The van der Waals surface area contributed by atoms with Gasteiger partial charge in [-0.05, 0) is 13.3 Å². The van der Waals surface area contributed by atoms with E-state index in [4.69, 9.17) is 0 Å². The molecular formula is C19H37IN6O2. The maximum absolute atomic E-state index is 11.2. The van der Waals surface area contributed by atoms with E-state index in [1.807, 2.05) is 6.92 Å². The lowest BCUT2D eigenvalue weighted by atomic mass is 10.1. The van der Waals surface area contributed by atoms with Crippen LogP contribution in [0.3, 0.4) is 0 Å². The number of ether oxygens (including phenoxy) is 1. The number of methoxy groups -OCH3 is 1. The van der Waals surface area contributed by atoms with E-state index in [-0.39, 0.29) is 36.5 Å². The van der Waals surface area contributed by atoms with Gasteiger partial charge in [-0.15, -0.1) is 29.1 Å². The maximum Gasteiger partial charge on any atom is 0.327 e. The molecule has 0 saturated heterocycles. The number of carbonyl (C=O) groups excluding carboxylic acids is 1. The van der Waals surface area contributed by atoms with Gasteiger partial charge < -0.3 is 15.4 Å². The number of guanidine groups is 1. The van der Waals surface area contributed by atoms with E-state index in [9.17, 15) is 4.79 Å². The number of unbranched alkanes of at least 4 members (excludes halogenated alkanes) is 7. The number of nitrogens with one attached hydrogen (secondary N) is 2. The summed E-state index contributed by atoms with van der Waals surface area (Å²) >= 11 is 0. The molecular weight excluding hydrogens is 471 g/mol. The van der Waals surface area contributed by atoms with Crippen LogP contribution in [-0.4, -0.2) is 47.1 Å². The molecule has 162 valence electrons. The molecule has 0 unspecified atom stereocenters. The molecule has 0 aliphatic heterocycles. The number of rotatable bonds is 14. The molecule has 0 radical (unpaired) electrons. The van der Waals surface area contributed by atoms with Gasteiger partial charge in [-0.2, -0.15) is 0 Å². The molecule has 0 aliphatic rings. The molecule has 8 nitrogen and oxygen atoms in total. The molecule has 28 heavy (non-hydrogen) atoms. The number of halogens is 1. The number of aromatic nitrogens is 3. The van der Waals surface area contributed by atoms with Gasteiger partial charge in [-0.25, -0.2) is 9.67 Å². The van der Waals surface area contributed by atoms with Gasteiger partial charge in [0.15, 0.2) is 5.96 Å². The second-order valence-corrected chi connectivity index (χ2v) is 6.58. The highest BCUT2D eigenvalue weighted by Gasteiger charge is 2.06. The van der Waals surface area contributed by atoms with Crippen LogP contribution < -0.4 is 10.6 Å². The summed E-state index contributed by atoms with van der Waals surface area (Å²) in [6.07, 6.45) is 12.2. The molecule has 1 heterocycles. The first-order valence-corrected chi connectivity index (χ1v) is 10.2. The Morgan fingerprint density at radius 1 is 1.11 bits per heavy atom. The Morgan fingerprint density at radius 3 is 2.43 bits per heavy atom. The van der Waals surface area contributed by atoms with E-state index in [0.717, 1.165) is 25.5 Å². The summed E-state index contributed by atoms with van der Waals surface area (Å²) in [7, 11) is 1.35. The largest absolute Gasteiger partial charge is 0.468 e. The summed E-state index contributed by atoms with van der Waals surface area (Å²) in [6.45, 7) is 6.48. The number of esters is 1. The smallest absolute Gasteiger partial charge is 0.327 e. The molecule has 1 aromatic heterocycles. The fourth-order valence-electron chi connectivity index (χ4n) is 2.65. The first kappa shape index (κ1) is 26.6. The Morgan fingerprint density at radius 2 is 1.79 bits per heavy atom. The van der Waals surface area contributed by atoms with Gasteiger partial charge in [0, 0.05) is 13.1 Å². The zero-order valence-corrected chi connectivity index (χ0v) is 19.9. The van der Waals surface area contributed by atoms with Gasteiger partial charge >= 0.3 is 5.97 Å². The molecule has 0 spiro atoms. The highest BCUT2D eigenvalue weighted by molar-refractivity contribution is 14.0. The Balaban J connectivity index is 0.00000729. The van der Waals surface area contributed by atoms with Crippen LogP contribution in [0.4, 0.5) is 0 Å². The quantitative estimate of drug-likeness (QED) is 0.132. The van der Waals surface area contributed by atoms with E-state index in [2.05, 4.69) is 37.6 Å². The molecule has 0 amide bonds. The summed E-state index contributed by atoms with van der Waals surface area (Å²) in [5.74, 6) is 0.429. The second kappa shape index (κ2) is 17.7. The van der Waals surface area contributed by atoms with Crippen molar-refractivity contribution in [3.05, 3.63) is 11.9 Å². The maximum atomic E-state index is 11.2. The molecule has 1 rings (SSSR count). The summed E-state index contributed by atoms with van der Waals surface area (Å²) in [6, 6.07) is 0. The number of carbonyl (C=O) groups is 1. The normalized spacial score (nSPS) is 11.0. The average molecular weight is 508 g/mol. The third kappa shape index (κ3) is 12.9. The summed E-state index contributed by atoms with van der Waals surface area (Å²) in [4.78, 5) is 15.8. The van der Waals surface area contributed by atoms with E-state index >= 15 is 0 Å². The van der Waals surface area contributed by atoms with Gasteiger partial charge in [-0.1, -0.05) is 57.1 Å². The third-order valence-corrected chi connectivity index (χ3v) is 4.17. The highest BCUT2D eigenvalue weighted by atomic mass is 127. The van der Waals surface area contributed by atoms with E-state index < -0.39 is 0 Å². The lowest BCUT2D eigenvalue weighted by Crippen LogP contribution is -2.37. The molecule has 0 aliphatic carbocycles. The van der Waals surface area contributed by atoms with Gasteiger partial charge in [-0.3, -0.25) is 4.79 Å². The predicted octanol–water partition coefficient (Wildman–Crippen LogP) is 3.26. The van der Waals surface area contributed by atoms with E-state index in [1.165, 1.54) is 56.7 Å². The molecule has 0 atom stereocenters. The van der Waals surface area contributed by atoms with Crippen LogP contribution in [0.2, 0.25) is 0 Å². The second-order valence-electron chi connectivity index (χ2n) is 6.58. The lowest BCUT2D eigenvalue weighted by molar-refractivity contribution is -0.141. The zero-order valence-electron chi connectivity index (χ0n) is 17.6. The van der Waals surface area contributed by atoms with Crippen LogP contribution in [0.15, 0.2) is 11.2 Å². The van der Waals surface area contributed by atoms with Gasteiger partial charge in [0.05, 0.1) is 19.9 Å². The average Bonchev–Trinajstić information content (AvgIpc) is 3.11. The Labute approximate surface area is 186 Å².